The zero-order valence-corrected chi connectivity index (χ0v) is 16.5. The van der Waals surface area contributed by atoms with Crippen molar-refractivity contribution in [3.8, 4) is 11.3 Å². The molecule has 2 aromatic heterocycles. The molecular weight excluding hydrogens is 376 g/mol. The summed E-state index contributed by atoms with van der Waals surface area (Å²) >= 11 is 0. The molecule has 2 aliphatic heterocycles. The van der Waals surface area contributed by atoms with Crippen molar-refractivity contribution < 1.29 is 9.15 Å². The molecule has 0 atom stereocenters. The maximum atomic E-state index is 6.25. The summed E-state index contributed by atoms with van der Waals surface area (Å²) in [6, 6.07) is 18.1. The fraction of sp³-hybridized carbons (Fsp3) is 0.250. The molecule has 0 spiro atoms. The van der Waals surface area contributed by atoms with E-state index < -0.39 is 0 Å². The molecule has 3 aliphatic rings. The third kappa shape index (κ3) is 2.60. The molecule has 2 saturated heterocycles. The first-order chi connectivity index (χ1) is 14.7. The van der Waals surface area contributed by atoms with Gasteiger partial charge in [-0.2, -0.15) is 0 Å². The Hall–Kier alpha value is -3.38. The van der Waals surface area contributed by atoms with Gasteiger partial charge in [0.2, 0.25) is 5.89 Å². The van der Waals surface area contributed by atoms with Crippen molar-refractivity contribution in [3.05, 3.63) is 72.9 Å². The van der Waals surface area contributed by atoms with Gasteiger partial charge in [-0.1, -0.05) is 42.5 Å². The first-order valence-corrected chi connectivity index (χ1v) is 10.2. The molecule has 0 amide bonds. The molecule has 1 saturated carbocycles. The first kappa shape index (κ1) is 17.5. The molecule has 1 aliphatic carbocycles. The largest absolute Gasteiger partial charge is 0.440 e. The molecule has 4 aromatic rings. The van der Waals surface area contributed by atoms with Gasteiger partial charge in [0.15, 0.2) is 5.76 Å². The van der Waals surface area contributed by atoms with E-state index in [1.165, 1.54) is 0 Å². The summed E-state index contributed by atoms with van der Waals surface area (Å²) in [4.78, 5) is 8.78. The zero-order chi connectivity index (χ0) is 20.2. The van der Waals surface area contributed by atoms with Crippen LogP contribution in [0.25, 0.3) is 22.1 Å². The number of fused-ring (bicyclic) bond motifs is 2. The smallest absolute Gasteiger partial charge is 0.203 e. The van der Waals surface area contributed by atoms with Gasteiger partial charge in [0, 0.05) is 34.8 Å². The fourth-order valence-electron chi connectivity index (χ4n) is 4.96. The summed E-state index contributed by atoms with van der Waals surface area (Å²) in [5.74, 6) is 2.15. The quantitative estimate of drug-likeness (QED) is 0.519. The van der Waals surface area contributed by atoms with Crippen molar-refractivity contribution in [1.82, 2.24) is 9.97 Å². The minimum atomic E-state index is -0.178. The van der Waals surface area contributed by atoms with Gasteiger partial charge in [-0.3, -0.25) is 0 Å². The van der Waals surface area contributed by atoms with E-state index in [9.17, 15) is 0 Å². The average molecular weight is 398 g/mol. The van der Waals surface area contributed by atoms with Crippen LogP contribution in [0.15, 0.2) is 71.4 Å². The molecule has 7 rings (SSSR count). The number of hydrogen-bond donors (Lipinski definition) is 2. The highest BCUT2D eigenvalue weighted by molar-refractivity contribution is 5.99. The van der Waals surface area contributed by atoms with Crippen LogP contribution in [-0.4, -0.2) is 28.7 Å². The number of pyridine rings is 1. The summed E-state index contributed by atoms with van der Waals surface area (Å²) in [7, 11) is 0. The van der Waals surface area contributed by atoms with E-state index in [2.05, 4.69) is 21.4 Å². The molecule has 6 heteroatoms. The molecule has 0 radical (unpaired) electrons. The number of rotatable bonds is 5. The normalized spacial score (nSPS) is 24.7. The fourth-order valence-corrected chi connectivity index (χ4v) is 4.96. The molecule has 150 valence electrons. The van der Waals surface area contributed by atoms with Gasteiger partial charge in [0.25, 0.3) is 0 Å². The van der Waals surface area contributed by atoms with Crippen LogP contribution in [0, 0.1) is 0 Å². The number of nitrogen functional groups attached to an aromatic ring is 1. The summed E-state index contributed by atoms with van der Waals surface area (Å²) < 4.78 is 12.4. The molecule has 6 nitrogen and oxygen atoms in total. The number of nitrogens with zero attached hydrogens (tertiary/aromatic N) is 2. The molecule has 4 heterocycles. The Kier molecular flexibility index (Phi) is 3.67. The molecule has 2 aromatic carbocycles. The Labute approximate surface area is 174 Å². The molecule has 3 N–H and O–H groups in total. The molecule has 30 heavy (non-hydrogen) atoms. The van der Waals surface area contributed by atoms with Gasteiger partial charge in [0.05, 0.1) is 23.8 Å². The van der Waals surface area contributed by atoms with Crippen LogP contribution in [0.3, 0.4) is 0 Å². The number of oxazole rings is 1. The Bertz CT molecular complexity index is 1230. The topological polar surface area (TPSA) is 86.2 Å². The van der Waals surface area contributed by atoms with Gasteiger partial charge in [-0.25, -0.2) is 9.97 Å². The number of hydrogen-bond acceptors (Lipinski definition) is 6. The minimum absolute atomic E-state index is 0.109. The number of nitrogens with two attached hydrogens (primary N) is 1. The third-order valence-electron chi connectivity index (χ3n) is 6.43. The maximum absolute atomic E-state index is 6.25. The van der Waals surface area contributed by atoms with Crippen LogP contribution in [0.5, 0.6) is 0 Å². The average Bonchev–Trinajstić information content (AvgIpc) is 3.47. The van der Waals surface area contributed by atoms with Crippen LogP contribution in [0.1, 0.15) is 18.7 Å². The predicted octanol–water partition coefficient (Wildman–Crippen LogP) is 4.38. The van der Waals surface area contributed by atoms with Crippen molar-refractivity contribution >= 4 is 22.3 Å². The molecule has 2 bridgehead atoms. The van der Waals surface area contributed by atoms with Gasteiger partial charge < -0.3 is 20.2 Å². The maximum Gasteiger partial charge on any atom is 0.203 e. The van der Waals surface area contributed by atoms with E-state index in [0.29, 0.717) is 12.4 Å². The summed E-state index contributed by atoms with van der Waals surface area (Å²) in [5.41, 5.74) is 7.83. The van der Waals surface area contributed by atoms with E-state index in [4.69, 9.17) is 14.9 Å². The predicted molar refractivity (Wildman–Crippen MR) is 116 cm³/mol. The van der Waals surface area contributed by atoms with E-state index >= 15 is 0 Å². The minimum Gasteiger partial charge on any atom is -0.440 e. The van der Waals surface area contributed by atoms with Crippen molar-refractivity contribution in [2.75, 3.05) is 24.2 Å². The summed E-state index contributed by atoms with van der Waals surface area (Å²) in [5, 5.41) is 5.61. The van der Waals surface area contributed by atoms with Crippen LogP contribution < -0.4 is 11.1 Å². The van der Waals surface area contributed by atoms with Crippen LogP contribution in [0.2, 0.25) is 0 Å². The molecular formula is C24H22N4O2. The Morgan fingerprint density at radius 3 is 2.70 bits per heavy atom. The lowest BCUT2D eigenvalue weighted by Gasteiger charge is -2.42. The number of anilines is 2. The van der Waals surface area contributed by atoms with Crippen LogP contribution in [0.4, 0.5) is 11.5 Å². The lowest BCUT2D eigenvalue weighted by atomic mass is 9.62. The standard InChI is InChI=1S/C24H22N4O2/c25-21-18-7-4-8-19(17(18)9-10-26-21)28-14-24-12-23(13-24,15-29-24)22-27-11-20(30-22)16-5-2-1-3-6-16/h1-11,28H,12-15H2,(H2,25,26). The Balaban J connectivity index is 1.19. The van der Waals surface area contributed by atoms with Gasteiger partial charge in [-0.05, 0) is 25.0 Å². The highest BCUT2D eigenvalue weighted by atomic mass is 16.5. The van der Waals surface area contributed by atoms with Gasteiger partial charge in [-0.15, -0.1) is 0 Å². The number of benzene rings is 2. The third-order valence-corrected chi connectivity index (χ3v) is 6.43. The zero-order valence-electron chi connectivity index (χ0n) is 16.5. The van der Waals surface area contributed by atoms with Crippen molar-refractivity contribution in [3.63, 3.8) is 0 Å². The van der Waals surface area contributed by atoms with Crippen molar-refractivity contribution in [1.29, 1.82) is 0 Å². The Morgan fingerprint density at radius 2 is 1.83 bits per heavy atom. The monoisotopic (exact) mass is 398 g/mol. The lowest BCUT2D eigenvalue weighted by Crippen LogP contribution is -2.51. The second-order valence-electron chi connectivity index (χ2n) is 8.45. The second kappa shape index (κ2) is 6.31. The van der Waals surface area contributed by atoms with E-state index in [1.807, 2.05) is 54.7 Å². The van der Waals surface area contributed by atoms with E-state index in [-0.39, 0.29) is 11.0 Å². The molecule has 0 unspecified atom stereocenters. The second-order valence-corrected chi connectivity index (χ2v) is 8.45. The number of ether oxygens (including phenoxy) is 1. The summed E-state index contributed by atoms with van der Waals surface area (Å²) in [6.07, 6.45) is 5.39. The highest BCUT2D eigenvalue weighted by Gasteiger charge is 2.65. The Morgan fingerprint density at radius 1 is 0.967 bits per heavy atom. The molecule has 3 fully saturated rings. The summed E-state index contributed by atoms with van der Waals surface area (Å²) in [6.45, 7) is 1.39. The number of aromatic nitrogens is 2. The van der Waals surface area contributed by atoms with E-state index in [0.717, 1.165) is 53.1 Å². The van der Waals surface area contributed by atoms with Crippen LogP contribution >= 0.6 is 0 Å². The van der Waals surface area contributed by atoms with Crippen molar-refractivity contribution in [2.45, 2.75) is 23.9 Å². The lowest BCUT2D eigenvalue weighted by molar-refractivity contribution is 0.00725. The van der Waals surface area contributed by atoms with Crippen molar-refractivity contribution in [2.24, 2.45) is 0 Å². The number of nitrogens with one attached hydrogen (secondary N) is 1. The van der Waals surface area contributed by atoms with Crippen LogP contribution in [-0.2, 0) is 10.2 Å². The SMILES string of the molecule is Nc1nccc2c(NCC34CC(c5ncc(-c6ccccc6)o5)(CO3)C4)cccc12. The first-order valence-electron chi connectivity index (χ1n) is 10.2. The highest BCUT2D eigenvalue weighted by Crippen LogP contribution is 2.58. The van der Waals surface area contributed by atoms with Gasteiger partial charge in [0.1, 0.15) is 5.82 Å². The van der Waals surface area contributed by atoms with E-state index in [1.54, 1.807) is 6.20 Å². The van der Waals surface area contributed by atoms with Gasteiger partial charge >= 0.3 is 0 Å².